The standard InChI is InChI=1S/C11H21NOS/c1-9-7-12-11(2,13-8-9)10-3-5-14-6-4-10/h9-10,12H,3-8H2,1-2H3. The molecule has 0 amide bonds. The van der Waals surface area contributed by atoms with E-state index in [2.05, 4.69) is 30.9 Å². The van der Waals surface area contributed by atoms with Crippen LogP contribution in [0, 0.1) is 11.8 Å². The van der Waals surface area contributed by atoms with Crippen molar-refractivity contribution in [2.75, 3.05) is 24.7 Å². The molecule has 2 rings (SSSR count). The van der Waals surface area contributed by atoms with Crippen LogP contribution in [0.15, 0.2) is 0 Å². The van der Waals surface area contributed by atoms with Crippen LogP contribution in [0.5, 0.6) is 0 Å². The second-order valence-corrected chi connectivity index (χ2v) is 6.02. The van der Waals surface area contributed by atoms with Crippen molar-refractivity contribution < 1.29 is 4.74 Å². The molecule has 0 aliphatic carbocycles. The first kappa shape index (κ1) is 10.8. The SMILES string of the molecule is CC1CNC(C)(C2CCSCC2)OC1. The molecule has 2 aliphatic rings. The molecule has 0 spiro atoms. The van der Waals surface area contributed by atoms with Gasteiger partial charge < -0.3 is 4.74 Å². The second-order valence-electron chi connectivity index (χ2n) is 4.79. The summed E-state index contributed by atoms with van der Waals surface area (Å²) in [6.45, 7) is 6.51. The summed E-state index contributed by atoms with van der Waals surface area (Å²) in [6.07, 6.45) is 2.62. The minimum Gasteiger partial charge on any atom is -0.360 e. The first-order valence-electron chi connectivity index (χ1n) is 5.67. The van der Waals surface area contributed by atoms with Gasteiger partial charge in [-0.25, -0.2) is 0 Å². The number of rotatable bonds is 1. The summed E-state index contributed by atoms with van der Waals surface area (Å²) in [5.41, 5.74) is -0.0342. The Labute approximate surface area is 91.2 Å². The lowest BCUT2D eigenvalue weighted by Crippen LogP contribution is -2.57. The van der Waals surface area contributed by atoms with Crippen molar-refractivity contribution in [3.8, 4) is 0 Å². The van der Waals surface area contributed by atoms with Crippen LogP contribution in [0.3, 0.4) is 0 Å². The summed E-state index contributed by atoms with van der Waals surface area (Å²) in [7, 11) is 0. The molecule has 82 valence electrons. The molecular formula is C11H21NOS. The highest BCUT2D eigenvalue weighted by Gasteiger charge is 2.38. The van der Waals surface area contributed by atoms with Crippen molar-refractivity contribution in [2.45, 2.75) is 32.4 Å². The molecule has 2 saturated heterocycles. The van der Waals surface area contributed by atoms with Crippen LogP contribution in [0.25, 0.3) is 0 Å². The predicted octanol–water partition coefficient (Wildman–Crippen LogP) is 2.10. The van der Waals surface area contributed by atoms with Crippen LogP contribution in [0.1, 0.15) is 26.7 Å². The average Bonchev–Trinajstić information content (AvgIpc) is 2.24. The summed E-state index contributed by atoms with van der Waals surface area (Å²) in [5, 5.41) is 3.58. The first-order valence-corrected chi connectivity index (χ1v) is 6.83. The Kier molecular flexibility index (Phi) is 3.40. The first-order chi connectivity index (χ1) is 6.71. The van der Waals surface area contributed by atoms with Gasteiger partial charge >= 0.3 is 0 Å². The van der Waals surface area contributed by atoms with E-state index in [1.807, 2.05) is 0 Å². The topological polar surface area (TPSA) is 21.3 Å². The van der Waals surface area contributed by atoms with E-state index in [1.165, 1.54) is 24.3 Å². The molecule has 1 N–H and O–H groups in total. The molecule has 0 aromatic rings. The van der Waals surface area contributed by atoms with Gasteiger partial charge in [-0.1, -0.05) is 6.92 Å². The smallest absolute Gasteiger partial charge is 0.119 e. The minimum absolute atomic E-state index is 0.0342. The maximum Gasteiger partial charge on any atom is 0.119 e. The number of hydrogen-bond acceptors (Lipinski definition) is 3. The van der Waals surface area contributed by atoms with Gasteiger partial charge in [0.1, 0.15) is 5.72 Å². The molecule has 2 nitrogen and oxygen atoms in total. The predicted molar refractivity (Wildman–Crippen MR) is 61.6 cm³/mol. The van der Waals surface area contributed by atoms with Crippen molar-refractivity contribution in [1.29, 1.82) is 0 Å². The van der Waals surface area contributed by atoms with E-state index in [0.717, 1.165) is 19.1 Å². The van der Waals surface area contributed by atoms with Crippen molar-refractivity contribution >= 4 is 11.8 Å². The average molecular weight is 215 g/mol. The van der Waals surface area contributed by atoms with Crippen molar-refractivity contribution in [1.82, 2.24) is 5.32 Å². The van der Waals surface area contributed by atoms with Gasteiger partial charge in [0.2, 0.25) is 0 Å². The monoisotopic (exact) mass is 215 g/mol. The number of hydrogen-bond donors (Lipinski definition) is 1. The van der Waals surface area contributed by atoms with E-state index in [4.69, 9.17) is 4.74 Å². The van der Waals surface area contributed by atoms with Gasteiger partial charge in [-0.05, 0) is 37.2 Å². The molecule has 14 heavy (non-hydrogen) atoms. The molecule has 0 aromatic carbocycles. The van der Waals surface area contributed by atoms with E-state index in [0.29, 0.717) is 5.92 Å². The van der Waals surface area contributed by atoms with Gasteiger partial charge in [0, 0.05) is 12.5 Å². The Balaban J connectivity index is 1.93. The molecule has 0 radical (unpaired) electrons. The van der Waals surface area contributed by atoms with E-state index >= 15 is 0 Å². The fourth-order valence-corrected chi connectivity index (χ4v) is 3.42. The van der Waals surface area contributed by atoms with Crippen LogP contribution in [0.4, 0.5) is 0 Å². The van der Waals surface area contributed by atoms with Crippen LogP contribution in [-0.4, -0.2) is 30.4 Å². The molecular weight excluding hydrogens is 194 g/mol. The minimum atomic E-state index is -0.0342. The van der Waals surface area contributed by atoms with Crippen molar-refractivity contribution in [2.24, 2.45) is 11.8 Å². The lowest BCUT2D eigenvalue weighted by Gasteiger charge is -2.44. The molecule has 2 fully saturated rings. The highest BCUT2D eigenvalue weighted by atomic mass is 32.2. The Bertz CT molecular complexity index is 184. The molecule has 0 saturated carbocycles. The van der Waals surface area contributed by atoms with Gasteiger partial charge in [0.15, 0.2) is 0 Å². The summed E-state index contributed by atoms with van der Waals surface area (Å²) in [5.74, 6) is 4.00. The van der Waals surface area contributed by atoms with Crippen LogP contribution in [0.2, 0.25) is 0 Å². The van der Waals surface area contributed by atoms with Crippen molar-refractivity contribution in [3.05, 3.63) is 0 Å². The molecule has 2 aliphatic heterocycles. The number of ether oxygens (including phenoxy) is 1. The fraction of sp³-hybridized carbons (Fsp3) is 1.00. The van der Waals surface area contributed by atoms with Gasteiger partial charge in [0.05, 0.1) is 6.61 Å². The van der Waals surface area contributed by atoms with Crippen LogP contribution >= 0.6 is 11.8 Å². The third kappa shape index (κ3) is 2.26. The highest BCUT2D eigenvalue weighted by molar-refractivity contribution is 7.99. The Morgan fingerprint density at radius 2 is 2.07 bits per heavy atom. The largest absolute Gasteiger partial charge is 0.360 e. The second kappa shape index (κ2) is 4.42. The fourth-order valence-electron chi connectivity index (χ4n) is 2.31. The maximum absolute atomic E-state index is 6.00. The van der Waals surface area contributed by atoms with Gasteiger partial charge in [-0.2, -0.15) is 11.8 Å². The summed E-state index contributed by atoms with van der Waals surface area (Å²) in [6, 6.07) is 0. The zero-order valence-electron chi connectivity index (χ0n) is 9.21. The normalized spacial score (nSPS) is 41.1. The lowest BCUT2D eigenvalue weighted by atomic mass is 9.89. The quantitative estimate of drug-likeness (QED) is 0.724. The van der Waals surface area contributed by atoms with Gasteiger partial charge in [-0.15, -0.1) is 0 Å². The zero-order valence-corrected chi connectivity index (χ0v) is 10.0. The number of thioether (sulfide) groups is 1. The van der Waals surface area contributed by atoms with E-state index < -0.39 is 0 Å². The number of nitrogens with one attached hydrogen (secondary N) is 1. The van der Waals surface area contributed by atoms with E-state index in [1.54, 1.807) is 0 Å². The van der Waals surface area contributed by atoms with Crippen LogP contribution in [-0.2, 0) is 4.74 Å². The molecule has 0 aromatic heterocycles. The highest BCUT2D eigenvalue weighted by Crippen LogP contribution is 2.34. The Morgan fingerprint density at radius 1 is 1.36 bits per heavy atom. The van der Waals surface area contributed by atoms with E-state index in [9.17, 15) is 0 Å². The molecule has 2 atom stereocenters. The Hall–Kier alpha value is 0.270. The van der Waals surface area contributed by atoms with Crippen LogP contribution < -0.4 is 5.32 Å². The Morgan fingerprint density at radius 3 is 2.64 bits per heavy atom. The lowest BCUT2D eigenvalue weighted by molar-refractivity contribution is -0.137. The maximum atomic E-state index is 6.00. The molecule has 2 heterocycles. The molecule has 2 unspecified atom stereocenters. The van der Waals surface area contributed by atoms with E-state index in [-0.39, 0.29) is 5.72 Å². The summed E-state index contributed by atoms with van der Waals surface area (Å²) in [4.78, 5) is 0. The zero-order chi connectivity index (χ0) is 10.0. The van der Waals surface area contributed by atoms with Gasteiger partial charge in [0.25, 0.3) is 0 Å². The third-order valence-electron chi connectivity index (χ3n) is 3.47. The third-order valence-corrected chi connectivity index (χ3v) is 4.52. The van der Waals surface area contributed by atoms with Gasteiger partial charge in [-0.3, -0.25) is 5.32 Å². The summed E-state index contributed by atoms with van der Waals surface area (Å²) < 4.78 is 6.00. The van der Waals surface area contributed by atoms with Crippen molar-refractivity contribution in [3.63, 3.8) is 0 Å². The molecule has 3 heteroatoms. The molecule has 0 bridgehead atoms. The summed E-state index contributed by atoms with van der Waals surface area (Å²) >= 11 is 2.08.